The SMILES string of the molecule is CO[C@H]1C=CO[C@@]2(C)Oc3c(C)c(O)c4c(=O)c(c5oc6cc(N7CCC(N(C)C8([C@H]9CCN(c%10c(F)cn%11c(=O)c(C(=O)O)cc(C%12CC%12)c%11c%10C)C9)CC8)CC7)cc(OCc7ccc(NC(=O)[C@H](CCCNC(N)=O)NC(=O)[C@@H](CC(=O)CCCCCN8C(=O)C=CC8=O)C(C)C)cc7)c6nc-5c4c3C2=O)NC(=O)C(C)=CC=C[C@H](C)[C@H](O)[C@@H](C)[C@@H](O)[C@@H](C)[C@H](OC(C)=O)[C@@H]1C. The van der Waals surface area contributed by atoms with Gasteiger partial charge in [0.1, 0.15) is 58.5 Å². The smallest absolute Gasteiger partial charge is 0.341 e. The van der Waals surface area contributed by atoms with Gasteiger partial charge in [0.25, 0.3) is 29.1 Å². The quantitative estimate of drug-likeness (QED) is 0.00691. The number of unbranched alkanes of at least 4 members (excludes halogenated alkanes) is 2. The Kier molecular flexibility index (Phi) is 28.9. The molecule has 8 heterocycles. The molecule has 3 aromatic carbocycles. The van der Waals surface area contributed by atoms with Gasteiger partial charge in [-0.05, 0) is 157 Å². The number of nitrogens with one attached hydrogen (secondary N) is 4. The number of carbonyl (C=O) groups excluding carboxylic acids is 9. The molecule has 3 aliphatic carbocycles. The second kappa shape index (κ2) is 39.8. The molecule has 14 rings (SSSR count). The van der Waals surface area contributed by atoms with Crippen molar-refractivity contribution in [1.82, 2.24) is 29.8 Å². The summed E-state index contributed by atoms with van der Waals surface area (Å²) in [5, 5.41) is 56.6. The van der Waals surface area contributed by atoms with Gasteiger partial charge in [0.15, 0.2) is 22.9 Å². The molecule has 5 aromatic rings. The summed E-state index contributed by atoms with van der Waals surface area (Å²) in [7, 11) is 3.58. The number of amides is 7. The van der Waals surface area contributed by atoms with Crippen molar-refractivity contribution in [3.63, 3.8) is 0 Å². The number of allylic oxidation sites excluding steroid dienone is 2. The van der Waals surface area contributed by atoms with Crippen LogP contribution in [0.5, 0.6) is 17.2 Å². The number of fused-ring (bicyclic) bond motifs is 3. The number of anilines is 4. The number of benzene rings is 4. The molecule has 34 heteroatoms. The fourth-order valence-electron chi connectivity index (χ4n) is 20.0. The highest BCUT2D eigenvalue weighted by Crippen LogP contribution is 2.55. The number of carboxylic acids is 1. The van der Waals surface area contributed by atoms with Crippen LogP contribution in [0, 0.1) is 61.1 Å². The third-order valence-electron chi connectivity index (χ3n) is 28.2. The van der Waals surface area contributed by atoms with Crippen LogP contribution in [0.3, 0.4) is 0 Å². The predicted octanol–water partition coefficient (Wildman–Crippen LogP) is 11.7. The summed E-state index contributed by atoms with van der Waals surface area (Å²) in [6.07, 6.45) is 14.1. The Balaban J connectivity index is 0.794. The van der Waals surface area contributed by atoms with E-state index in [2.05, 4.69) is 43.0 Å². The van der Waals surface area contributed by atoms with Gasteiger partial charge >= 0.3 is 23.8 Å². The van der Waals surface area contributed by atoms with Crippen molar-refractivity contribution in [2.45, 2.75) is 226 Å². The molecule has 2 aromatic heterocycles. The van der Waals surface area contributed by atoms with Gasteiger partial charge in [0.05, 0.1) is 52.9 Å². The van der Waals surface area contributed by atoms with Crippen LogP contribution in [-0.2, 0) is 54.4 Å². The molecule has 710 valence electrons. The number of urea groups is 1. The summed E-state index contributed by atoms with van der Waals surface area (Å²) in [6, 6.07) is 9.84. The second-order valence-corrected chi connectivity index (χ2v) is 37.5. The van der Waals surface area contributed by atoms with Crippen LogP contribution in [0.15, 0.2) is 111 Å². The first-order valence-corrected chi connectivity index (χ1v) is 46.0. The number of pyridine rings is 2. The number of aromatic nitrogens is 2. The lowest BCUT2D eigenvalue weighted by Crippen LogP contribution is -2.51. The van der Waals surface area contributed by atoms with E-state index < -0.39 is 147 Å². The fraction of sp³-hybridized carbons (Fsp3) is 0.505. The number of ether oxygens (including phenoxy) is 5. The van der Waals surface area contributed by atoms with E-state index in [0.717, 1.165) is 48.8 Å². The maximum absolute atomic E-state index is 16.7. The molecule has 4 fully saturated rings. The van der Waals surface area contributed by atoms with E-state index in [4.69, 9.17) is 38.8 Å². The fourth-order valence-corrected chi connectivity index (χ4v) is 20.0. The molecular formula is C99H120FN11O22. The molecule has 4 bridgehead atoms. The Hall–Kier alpha value is -12.4. The molecule has 133 heavy (non-hydrogen) atoms. The summed E-state index contributed by atoms with van der Waals surface area (Å²) >= 11 is 0. The van der Waals surface area contributed by atoms with Gasteiger partial charge in [0.2, 0.25) is 17.2 Å². The zero-order valence-electron chi connectivity index (χ0n) is 77.4. The number of aryl methyl sites for hydroxylation is 1. The number of carboxylic acid groups (broad SMARTS) is 1. The van der Waals surface area contributed by atoms with Gasteiger partial charge in [-0.2, -0.15) is 0 Å². The number of nitrogens with two attached hydrogens (primary N) is 1. The number of aromatic hydroxyl groups is 1. The van der Waals surface area contributed by atoms with E-state index in [9.17, 15) is 68.4 Å². The number of esters is 1. The molecule has 10 N–H and O–H groups in total. The Labute approximate surface area is 769 Å². The molecule has 0 unspecified atom stereocenters. The highest BCUT2D eigenvalue weighted by atomic mass is 19.1. The van der Waals surface area contributed by atoms with Crippen LogP contribution in [0.1, 0.15) is 201 Å². The number of Topliss-reactive ketones (excluding diaryl/α,β-unsaturated/α-hetero) is 2. The summed E-state index contributed by atoms with van der Waals surface area (Å²) < 4.78 is 56.5. The van der Waals surface area contributed by atoms with Gasteiger partial charge < -0.3 is 85.3 Å². The number of phenols is 1. The number of aromatic carboxylic acids is 1. The van der Waals surface area contributed by atoms with E-state index in [1.165, 1.54) is 75.8 Å². The topological polar surface area (TPSA) is 449 Å². The van der Waals surface area contributed by atoms with Crippen molar-refractivity contribution >= 4 is 109 Å². The number of aliphatic hydroxyl groups excluding tert-OH is 2. The molecule has 2 saturated carbocycles. The summed E-state index contributed by atoms with van der Waals surface area (Å²) in [5.74, 6) is -13.4. The Morgan fingerprint density at radius 3 is 2.19 bits per heavy atom. The molecule has 9 aliphatic rings. The molecule has 0 radical (unpaired) electrons. The van der Waals surface area contributed by atoms with E-state index in [0.29, 0.717) is 92.0 Å². The van der Waals surface area contributed by atoms with Crippen molar-refractivity contribution in [3.8, 4) is 28.7 Å². The lowest BCUT2D eigenvalue weighted by atomic mass is 9.78. The highest BCUT2D eigenvalue weighted by Gasteiger charge is 2.57. The summed E-state index contributed by atoms with van der Waals surface area (Å²) in [5.41, 5.74) is 6.00. The Morgan fingerprint density at radius 2 is 1.53 bits per heavy atom. The van der Waals surface area contributed by atoms with Crippen LogP contribution in [0.25, 0.3) is 38.8 Å². The normalized spacial score (nSPS) is 23.4. The number of piperidine rings is 1. The lowest BCUT2D eigenvalue weighted by molar-refractivity contribution is -0.160. The largest absolute Gasteiger partial charge is 0.507 e. The minimum Gasteiger partial charge on any atom is -0.507 e. The van der Waals surface area contributed by atoms with E-state index in [1.54, 1.807) is 90.1 Å². The highest BCUT2D eigenvalue weighted by molar-refractivity contribution is 6.23. The molecule has 7 amide bonds. The molecule has 12 atom stereocenters. The molecule has 6 aliphatic heterocycles. The molecular weight excluding hydrogens is 1710 g/mol. The minimum atomic E-state index is -2.23. The van der Waals surface area contributed by atoms with Crippen LogP contribution >= 0.6 is 0 Å². The number of hydrogen-bond acceptors (Lipinski definition) is 25. The van der Waals surface area contributed by atoms with Crippen LogP contribution in [0.2, 0.25) is 0 Å². The number of primary amides is 1. The molecule has 0 spiro atoms. The van der Waals surface area contributed by atoms with Crippen molar-refractivity contribution in [2.24, 2.45) is 47.2 Å². The number of rotatable bonds is 29. The minimum absolute atomic E-state index is 0.0424. The predicted molar refractivity (Wildman–Crippen MR) is 494 cm³/mol. The number of carbonyl (C=O) groups is 10. The maximum atomic E-state index is 16.7. The average Bonchev–Trinajstić information content (AvgIpc) is 1.57. The Morgan fingerprint density at radius 1 is 0.835 bits per heavy atom. The number of aliphatic hydroxyl groups is 2. The number of phenolic OH excluding ortho intramolecular Hbond substituents is 1. The third-order valence-corrected chi connectivity index (χ3v) is 28.2. The second-order valence-electron chi connectivity index (χ2n) is 37.5. The number of methoxy groups -OCH3 is 1. The van der Waals surface area contributed by atoms with Gasteiger partial charge in [0, 0.05) is 166 Å². The molecule has 33 nitrogen and oxygen atoms in total. The summed E-state index contributed by atoms with van der Waals surface area (Å²) in [6.45, 7) is 20.0. The maximum Gasteiger partial charge on any atom is 0.341 e. The van der Waals surface area contributed by atoms with Gasteiger partial charge in [-0.15, -0.1) is 0 Å². The molecule has 2 saturated heterocycles. The van der Waals surface area contributed by atoms with Crippen LogP contribution in [-0.4, -0.2) is 200 Å². The average molecular weight is 1840 g/mol. The van der Waals surface area contributed by atoms with Gasteiger partial charge in [-0.25, -0.2) is 19.0 Å². The first kappa shape index (κ1) is 96.6. The zero-order chi connectivity index (χ0) is 95.8. The van der Waals surface area contributed by atoms with Crippen molar-refractivity contribution in [1.29, 1.82) is 0 Å². The van der Waals surface area contributed by atoms with E-state index >= 15 is 14.0 Å². The summed E-state index contributed by atoms with van der Waals surface area (Å²) in [4.78, 5) is 176. The number of nitrogens with zero attached hydrogens (tertiary/aromatic N) is 6. The van der Waals surface area contributed by atoms with Crippen molar-refractivity contribution < 1.29 is 101 Å². The van der Waals surface area contributed by atoms with Crippen LogP contribution < -0.4 is 57.3 Å². The number of ketones is 2. The first-order valence-electron chi connectivity index (χ1n) is 46.0. The number of imide groups is 1. The van der Waals surface area contributed by atoms with Gasteiger partial charge in [-0.3, -0.25) is 62.1 Å². The third kappa shape index (κ3) is 20.0. The first-order chi connectivity index (χ1) is 63.2. The van der Waals surface area contributed by atoms with E-state index in [1.807, 2.05) is 6.92 Å². The van der Waals surface area contributed by atoms with Crippen LogP contribution in [0.4, 0.5) is 31.9 Å². The number of hydrogen-bond donors (Lipinski definition) is 9. The zero-order valence-corrected chi connectivity index (χ0v) is 77.4. The Bertz CT molecular complexity index is 5970. The van der Waals surface area contributed by atoms with E-state index in [-0.39, 0.29) is 148 Å². The van der Waals surface area contributed by atoms with Crippen molar-refractivity contribution in [3.05, 3.63) is 157 Å². The standard InChI is InChI=1S/C99H120FN11O22/c1-50(2)66(45-65(113)21-15-14-16-38-110-74(114)29-30-75(110)115)93(122)104-70(22-18-37-102-97(101)127)94(123)103-62-27-23-59(24-28-62)49-129-72-43-64(108-40-32-63(33-41-108)107(12)99(35-36-99)61-31-39-109(47-61)83-54(6)82-67(60-25-26-60)46-68(96(125)126)95(124)111(82)48-69(83)100)44-73-79(72)105-80-76-77-86(118)57(9)89-78(76)91(120)98(11,133-89)130-42-34-71(128-13)53(5)88(131-58(10)112)56(8)85(117)55(7)84(116)51(3)19-17-20-52(4)92(121)106-81(87(77)119)90(80)132-73/h17,19-20,23-24,27-30,34,42-44,46,48,50-51,53,55-56,60-61,63,66,70-71,84-85,88,116-118H,14-16,18,21-22,25-26,31-33,35-41,45,47,49H2,1-13H3,(H,103,123)(H,104,122)(H,106,121)(H,125,126)(H3,101,102,127)/t51-,53+,55+,56+,61-,66-,70-,71-,84-,85+,88+,98-/m0/s1. The van der Waals surface area contributed by atoms with Gasteiger partial charge in [-0.1, -0.05) is 78.3 Å². The lowest BCUT2D eigenvalue weighted by Gasteiger charge is -2.43. The van der Waals surface area contributed by atoms with Crippen molar-refractivity contribution in [2.75, 3.05) is 73.9 Å². The number of halogens is 1. The monoisotopic (exact) mass is 1830 g/mol.